The van der Waals surface area contributed by atoms with Crippen molar-refractivity contribution in [2.24, 2.45) is 0 Å². The van der Waals surface area contributed by atoms with E-state index in [1.807, 2.05) is 6.07 Å². The first-order valence-electron chi connectivity index (χ1n) is 4.84. The Morgan fingerprint density at radius 2 is 1.82 bits per heavy atom. The number of thiophene rings is 1. The van der Waals surface area contributed by atoms with Crippen LogP contribution in [0.3, 0.4) is 0 Å². The summed E-state index contributed by atoms with van der Waals surface area (Å²) in [6, 6.07) is 8.43. The third kappa shape index (κ3) is 3.24. The van der Waals surface area contributed by atoms with Crippen LogP contribution in [0.15, 0.2) is 37.0 Å². The Bertz CT molecular complexity index is 528. The Morgan fingerprint density at radius 1 is 1.12 bits per heavy atom. The number of aryl methyl sites for hydroxylation is 1. The average molecular weight is 504 g/mol. The molecule has 1 atom stereocenters. The van der Waals surface area contributed by atoms with Crippen LogP contribution in [0.4, 0.5) is 0 Å². The monoisotopic (exact) mass is 500 g/mol. The lowest BCUT2D eigenvalue weighted by Gasteiger charge is -2.11. The number of halogens is 4. The zero-order valence-electron chi connectivity index (χ0n) is 8.81. The van der Waals surface area contributed by atoms with Crippen molar-refractivity contribution in [2.45, 2.75) is 11.8 Å². The molecule has 0 N–H and O–H groups in total. The Labute approximate surface area is 138 Å². The number of hydrogen-bond donors (Lipinski definition) is 0. The van der Waals surface area contributed by atoms with E-state index in [1.165, 1.54) is 19.8 Å². The third-order valence-corrected chi connectivity index (χ3v) is 7.06. The largest absolute Gasteiger partial charge is 0.131 e. The molecule has 5 heteroatoms. The van der Waals surface area contributed by atoms with Crippen LogP contribution < -0.4 is 0 Å². The second kappa shape index (κ2) is 5.87. The molecule has 0 saturated heterocycles. The van der Waals surface area contributed by atoms with Gasteiger partial charge in [0, 0.05) is 13.8 Å². The minimum Gasteiger partial charge on any atom is -0.131 e. The van der Waals surface area contributed by atoms with Crippen LogP contribution >= 0.6 is 75.1 Å². The van der Waals surface area contributed by atoms with Crippen molar-refractivity contribution >= 4 is 75.1 Å². The van der Waals surface area contributed by atoms with E-state index in [1.54, 1.807) is 11.3 Å². The van der Waals surface area contributed by atoms with Gasteiger partial charge in [-0.1, -0.05) is 47.8 Å². The Morgan fingerprint density at radius 3 is 2.41 bits per heavy atom. The van der Waals surface area contributed by atoms with Crippen molar-refractivity contribution in [3.8, 4) is 0 Å². The summed E-state index contributed by atoms with van der Waals surface area (Å²) in [5.74, 6) is 0. The predicted molar refractivity (Wildman–Crippen MR) is 89.4 cm³/mol. The van der Waals surface area contributed by atoms with Crippen molar-refractivity contribution in [3.05, 3.63) is 53.0 Å². The van der Waals surface area contributed by atoms with Gasteiger partial charge in [0.05, 0.1) is 8.61 Å². The fraction of sp³-hybridized carbons (Fsp3) is 0.167. The molecule has 0 nitrogen and oxygen atoms in total. The topological polar surface area (TPSA) is 0 Å². The summed E-state index contributed by atoms with van der Waals surface area (Å²) in [6.07, 6.45) is 0. The third-order valence-electron chi connectivity index (χ3n) is 2.36. The lowest BCUT2D eigenvalue weighted by Crippen LogP contribution is -1.91. The molecule has 1 heterocycles. The summed E-state index contributed by atoms with van der Waals surface area (Å²) < 4.78 is 3.40. The molecule has 0 amide bonds. The van der Waals surface area contributed by atoms with Crippen LogP contribution in [-0.2, 0) is 0 Å². The summed E-state index contributed by atoms with van der Waals surface area (Å²) in [5.41, 5.74) is 2.51. The fourth-order valence-electron chi connectivity index (χ4n) is 1.47. The second-order valence-corrected chi connectivity index (χ2v) is 8.72. The number of alkyl halides is 1. The van der Waals surface area contributed by atoms with E-state index in [2.05, 4.69) is 88.8 Å². The highest BCUT2D eigenvalue weighted by Crippen LogP contribution is 2.42. The summed E-state index contributed by atoms with van der Waals surface area (Å²) in [4.78, 5) is 1.51. The van der Waals surface area contributed by atoms with Crippen molar-refractivity contribution in [2.75, 3.05) is 0 Å². The van der Waals surface area contributed by atoms with Crippen LogP contribution in [0.25, 0.3) is 0 Å². The molecule has 17 heavy (non-hydrogen) atoms. The molecular formula is C12H8Br4S. The molecule has 0 aliphatic heterocycles. The molecule has 0 aliphatic rings. The summed E-state index contributed by atoms with van der Waals surface area (Å²) in [5, 5.41) is 0. The fourth-order valence-corrected chi connectivity index (χ4v) is 4.99. The van der Waals surface area contributed by atoms with Gasteiger partial charge in [0.25, 0.3) is 0 Å². The number of rotatable bonds is 2. The van der Waals surface area contributed by atoms with Gasteiger partial charge in [-0.15, -0.1) is 11.3 Å². The molecular weight excluding hydrogens is 496 g/mol. The maximum Gasteiger partial charge on any atom is 0.0749 e. The van der Waals surface area contributed by atoms with E-state index < -0.39 is 0 Å². The Hall–Kier alpha value is 0.840. The predicted octanol–water partition coefficient (Wildman–Crippen LogP) is 6.83. The highest BCUT2D eigenvalue weighted by molar-refractivity contribution is 9.11. The van der Waals surface area contributed by atoms with Crippen molar-refractivity contribution in [1.29, 1.82) is 0 Å². The van der Waals surface area contributed by atoms with Crippen LogP contribution in [0, 0.1) is 6.92 Å². The van der Waals surface area contributed by atoms with Gasteiger partial charge in [0.2, 0.25) is 0 Å². The Balaban J connectivity index is 2.42. The van der Waals surface area contributed by atoms with Crippen molar-refractivity contribution in [1.82, 2.24) is 0 Å². The van der Waals surface area contributed by atoms with Crippen molar-refractivity contribution < 1.29 is 0 Å². The molecule has 0 saturated carbocycles. The van der Waals surface area contributed by atoms with Gasteiger partial charge in [0.15, 0.2) is 0 Å². The first-order chi connectivity index (χ1) is 7.99. The highest BCUT2D eigenvalue weighted by atomic mass is 79.9. The molecule has 1 aromatic carbocycles. The van der Waals surface area contributed by atoms with E-state index in [9.17, 15) is 0 Å². The highest BCUT2D eigenvalue weighted by Gasteiger charge is 2.17. The minimum atomic E-state index is 0.212. The van der Waals surface area contributed by atoms with Crippen LogP contribution in [0.5, 0.6) is 0 Å². The summed E-state index contributed by atoms with van der Waals surface area (Å²) >= 11 is 16.2. The molecule has 1 unspecified atom stereocenters. The van der Waals surface area contributed by atoms with Gasteiger partial charge < -0.3 is 0 Å². The van der Waals surface area contributed by atoms with Crippen LogP contribution in [0.1, 0.15) is 20.8 Å². The first kappa shape index (κ1) is 14.3. The van der Waals surface area contributed by atoms with E-state index in [0.717, 1.165) is 8.95 Å². The zero-order chi connectivity index (χ0) is 12.6. The maximum absolute atomic E-state index is 3.77. The Kier molecular flexibility index (Phi) is 4.92. The van der Waals surface area contributed by atoms with Gasteiger partial charge in [-0.3, -0.25) is 0 Å². The first-order valence-corrected chi connectivity index (χ1v) is 8.95. The SMILES string of the molecule is Cc1cc(C(Br)c2cc(Br)ccc2Br)sc1Br. The van der Waals surface area contributed by atoms with E-state index >= 15 is 0 Å². The number of benzene rings is 1. The van der Waals surface area contributed by atoms with Crippen molar-refractivity contribution in [3.63, 3.8) is 0 Å². The van der Waals surface area contributed by atoms with Crippen LogP contribution in [-0.4, -0.2) is 0 Å². The molecule has 0 fully saturated rings. The molecule has 2 aromatic rings. The zero-order valence-corrected chi connectivity index (χ0v) is 16.0. The standard InChI is InChI=1S/C12H8Br4S/c1-6-4-10(17-12(6)16)11(15)8-5-7(13)2-3-9(8)14/h2-5,11H,1H3. The summed E-state index contributed by atoms with van der Waals surface area (Å²) in [7, 11) is 0. The van der Waals surface area contributed by atoms with Gasteiger partial charge >= 0.3 is 0 Å². The van der Waals surface area contributed by atoms with E-state index in [-0.39, 0.29) is 4.83 Å². The normalized spacial score (nSPS) is 12.8. The minimum absolute atomic E-state index is 0.212. The van der Waals surface area contributed by atoms with Gasteiger partial charge in [-0.05, 0) is 58.2 Å². The maximum atomic E-state index is 3.77. The summed E-state index contributed by atoms with van der Waals surface area (Å²) in [6.45, 7) is 2.11. The number of hydrogen-bond acceptors (Lipinski definition) is 1. The molecule has 0 bridgehead atoms. The molecule has 90 valence electrons. The molecule has 0 spiro atoms. The van der Waals surface area contributed by atoms with Gasteiger partial charge in [-0.25, -0.2) is 0 Å². The molecule has 2 rings (SSSR count). The van der Waals surface area contributed by atoms with Crippen LogP contribution in [0.2, 0.25) is 0 Å². The van der Waals surface area contributed by atoms with Gasteiger partial charge in [-0.2, -0.15) is 0 Å². The quantitative estimate of drug-likeness (QED) is 0.394. The molecule has 0 radical (unpaired) electrons. The van der Waals surface area contributed by atoms with E-state index in [4.69, 9.17) is 0 Å². The smallest absolute Gasteiger partial charge is 0.0749 e. The lowest BCUT2D eigenvalue weighted by atomic mass is 10.1. The lowest BCUT2D eigenvalue weighted by molar-refractivity contribution is 1.20. The van der Waals surface area contributed by atoms with Gasteiger partial charge in [0.1, 0.15) is 0 Å². The average Bonchev–Trinajstić information content (AvgIpc) is 2.62. The molecule has 1 aromatic heterocycles. The van der Waals surface area contributed by atoms with E-state index in [0.29, 0.717) is 0 Å². The second-order valence-electron chi connectivity index (χ2n) is 3.63. The molecule has 0 aliphatic carbocycles.